The molecule has 0 bridgehead atoms. The normalized spacial score (nSPS) is 11.5. The summed E-state index contributed by atoms with van der Waals surface area (Å²) in [6.45, 7) is 4.12. The molecule has 2 heterocycles. The lowest BCUT2D eigenvalue weighted by molar-refractivity contribution is -0.390. The number of aromatic amines is 1. The molecule has 29 heavy (non-hydrogen) atoms. The van der Waals surface area contributed by atoms with Crippen molar-refractivity contribution in [2.45, 2.75) is 20.4 Å². The largest absolute Gasteiger partial charge is 0.507 e. The van der Waals surface area contributed by atoms with E-state index in [4.69, 9.17) is 9.15 Å². The minimum absolute atomic E-state index is 0.0558. The van der Waals surface area contributed by atoms with Crippen molar-refractivity contribution in [1.82, 2.24) is 0 Å². The molecule has 2 aromatic heterocycles. The number of phenols is 1. The van der Waals surface area contributed by atoms with Crippen LogP contribution in [0.3, 0.4) is 0 Å². The smallest absolute Gasteiger partial charge is 0.342 e. The zero-order valence-corrected chi connectivity index (χ0v) is 16.2. The number of fused-ring (bicyclic) bond motifs is 3. The topological polar surface area (TPSA) is 86.2 Å². The lowest BCUT2D eigenvalue weighted by Gasteiger charge is -2.08. The number of rotatable bonds is 5. The number of esters is 1. The van der Waals surface area contributed by atoms with E-state index in [9.17, 15) is 9.90 Å². The number of aromatic nitrogens is 1. The third-order valence-electron chi connectivity index (χ3n) is 4.77. The van der Waals surface area contributed by atoms with E-state index in [1.807, 2.05) is 48.7 Å². The van der Waals surface area contributed by atoms with E-state index in [0.29, 0.717) is 39.8 Å². The number of hydrogen-bond acceptors (Lipinski definition) is 5. The summed E-state index contributed by atoms with van der Waals surface area (Å²) in [5.41, 5.74) is 2.21. The second-order valence-electron chi connectivity index (χ2n) is 6.62. The number of phenolic OH excluding ortho intramolecular Hbond substituents is 1. The molecule has 0 fully saturated rings. The van der Waals surface area contributed by atoms with Crippen molar-refractivity contribution in [3.05, 3.63) is 71.2 Å². The third-order valence-corrected chi connectivity index (χ3v) is 4.77. The molecule has 2 N–H and O–H groups in total. The first-order valence-electron chi connectivity index (χ1n) is 9.41. The Kier molecular flexibility index (Phi) is 4.99. The fraction of sp³-hybridized carbons (Fsp3) is 0.174. The van der Waals surface area contributed by atoms with Crippen molar-refractivity contribution in [1.29, 1.82) is 0 Å². The van der Waals surface area contributed by atoms with Crippen molar-refractivity contribution in [2.24, 2.45) is 4.99 Å². The average Bonchev–Trinajstić information content (AvgIpc) is 3.08. The summed E-state index contributed by atoms with van der Waals surface area (Å²) in [5, 5.41) is 12.9. The standard InChI is InChI=1S/C23H20N2O4/c1-3-28-23(27)19-14(2)29-22-17-10-5-4-9-16(17)21(26)18(20(19)22)13-24-12-15-8-6-7-11-25-15/h4-11,13,26H,3,12H2,1-2H3/p+1. The van der Waals surface area contributed by atoms with Gasteiger partial charge in [0.05, 0.1) is 6.61 Å². The Morgan fingerprint density at radius 1 is 1.21 bits per heavy atom. The second kappa shape index (κ2) is 7.75. The highest BCUT2D eigenvalue weighted by atomic mass is 16.5. The van der Waals surface area contributed by atoms with Gasteiger partial charge in [0.1, 0.15) is 29.2 Å². The minimum Gasteiger partial charge on any atom is -0.507 e. The van der Waals surface area contributed by atoms with Crippen LogP contribution in [0.1, 0.15) is 34.3 Å². The summed E-state index contributed by atoms with van der Waals surface area (Å²) in [4.78, 5) is 20.2. The number of benzene rings is 2. The predicted octanol–water partition coefficient (Wildman–Crippen LogP) is 4.21. The molecular formula is C23H21N2O4+. The van der Waals surface area contributed by atoms with Gasteiger partial charge in [-0.1, -0.05) is 30.3 Å². The van der Waals surface area contributed by atoms with Gasteiger partial charge < -0.3 is 14.3 Å². The minimum atomic E-state index is -0.482. The number of ether oxygens (including phenoxy) is 1. The van der Waals surface area contributed by atoms with E-state index in [-0.39, 0.29) is 12.4 Å². The van der Waals surface area contributed by atoms with Crippen molar-refractivity contribution >= 4 is 33.9 Å². The lowest BCUT2D eigenvalue weighted by Crippen LogP contribution is -2.08. The first kappa shape index (κ1) is 18.7. The molecule has 0 saturated heterocycles. The summed E-state index contributed by atoms with van der Waals surface area (Å²) >= 11 is 0. The van der Waals surface area contributed by atoms with Crippen LogP contribution in [-0.2, 0) is 11.3 Å². The van der Waals surface area contributed by atoms with E-state index in [1.54, 1.807) is 20.1 Å². The van der Waals surface area contributed by atoms with Gasteiger partial charge in [-0.15, -0.1) is 0 Å². The fourth-order valence-electron chi connectivity index (χ4n) is 3.48. The van der Waals surface area contributed by atoms with Crippen LogP contribution in [-0.4, -0.2) is 23.9 Å². The van der Waals surface area contributed by atoms with E-state index in [2.05, 4.69) is 9.98 Å². The molecule has 0 saturated carbocycles. The fourth-order valence-corrected chi connectivity index (χ4v) is 3.48. The van der Waals surface area contributed by atoms with Gasteiger partial charge >= 0.3 is 5.97 Å². The van der Waals surface area contributed by atoms with Crippen molar-refractivity contribution in [2.75, 3.05) is 6.61 Å². The SMILES string of the molecule is CCOC(=O)c1c(C)oc2c1c(C=NCc1cccc[nH+]1)c(O)c1ccccc12. The van der Waals surface area contributed by atoms with Crippen LogP contribution in [0.2, 0.25) is 0 Å². The number of furan rings is 1. The molecule has 6 nitrogen and oxygen atoms in total. The van der Waals surface area contributed by atoms with Crippen molar-refractivity contribution in [3.8, 4) is 5.75 Å². The maximum Gasteiger partial charge on any atom is 0.342 e. The maximum absolute atomic E-state index is 12.6. The van der Waals surface area contributed by atoms with Crippen LogP contribution >= 0.6 is 0 Å². The van der Waals surface area contributed by atoms with Crippen LogP contribution in [0.5, 0.6) is 5.75 Å². The summed E-state index contributed by atoms with van der Waals surface area (Å²) in [5.74, 6) is 0.0185. The van der Waals surface area contributed by atoms with E-state index >= 15 is 0 Å². The first-order chi connectivity index (χ1) is 14.1. The Labute approximate surface area is 167 Å². The zero-order chi connectivity index (χ0) is 20.4. The van der Waals surface area contributed by atoms with E-state index < -0.39 is 5.97 Å². The number of aliphatic imine (C=N–C) groups is 1. The molecule has 0 unspecified atom stereocenters. The predicted molar refractivity (Wildman–Crippen MR) is 110 cm³/mol. The first-order valence-corrected chi connectivity index (χ1v) is 9.41. The Balaban J connectivity index is 1.94. The van der Waals surface area contributed by atoms with Gasteiger partial charge in [0.15, 0.2) is 6.20 Å². The maximum atomic E-state index is 12.6. The lowest BCUT2D eigenvalue weighted by atomic mass is 9.98. The molecule has 0 radical (unpaired) electrons. The number of aryl methyl sites for hydroxylation is 1. The molecule has 146 valence electrons. The number of nitrogens with one attached hydrogen (secondary N) is 1. The number of carbonyl (C=O) groups excluding carboxylic acids is 1. The summed E-state index contributed by atoms with van der Waals surface area (Å²) in [6.07, 6.45) is 3.41. The highest BCUT2D eigenvalue weighted by Crippen LogP contribution is 2.40. The van der Waals surface area contributed by atoms with Crippen LogP contribution in [0, 0.1) is 6.92 Å². The van der Waals surface area contributed by atoms with Gasteiger partial charge in [0.25, 0.3) is 0 Å². The quantitative estimate of drug-likeness (QED) is 0.409. The Hall–Kier alpha value is -3.67. The van der Waals surface area contributed by atoms with Crippen LogP contribution in [0.4, 0.5) is 0 Å². The second-order valence-corrected chi connectivity index (χ2v) is 6.62. The molecular weight excluding hydrogens is 368 g/mol. The Bertz CT molecular complexity index is 1230. The van der Waals surface area contributed by atoms with Crippen molar-refractivity contribution < 1.29 is 24.0 Å². The number of H-pyrrole nitrogens is 1. The molecule has 0 aliphatic carbocycles. The number of nitrogens with zero attached hydrogens (tertiary/aromatic N) is 1. The number of pyridine rings is 1. The molecule has 0 aliphatic heterocycles. The molecule has 0 atom stereocenters. The Morgan fingerprint density at radius 3 is 2.69 bits per heavy atom. The highest BCUT2D eigenvalue weighted by Gasteiger charge is 2.25. The average molecular weight is 389 g/mol. The van der Waals surface area contributed by atoms with Gasteiger partial charge in [-0.2, -0.15) is 0 Å². The van der Waals surface area contributed by atoms with Gasteiger partial charge in [0, 0.05) is 40.1 Å². The van der Waals surface area contributed by atoms with E-state index in [1.165, 1.54) is 0 Å². The number of carbonyl (C=O) groups is 1. The van der Waals surface area contributed by atoms with Crippen LogP contribution < -0.4 is 4.98 Å². The highest BCUT2D eigenvalue weighted by molar-refractivity contribution is 6.21. The van der Waals surface area contributed by atoms with E-state index in [0.717, 1.165) is 11.1 Å². The summed E-state index contributed by atoms with van der Waals surface area (Å²) in [6, 6.07) is 13.1. The van der Waals surface area contributed by atoms with Crippen molar-refractivity contribution in [3.63, 3.8) is 0 Å². The molecule has 6 heteroatoms. The van der Waals surface area contributed by atoms with Gasteiger partial charge in [-0.3, -0.25) is 4.99 Å². The summed E-state index contributed by atoms with van der Waals surface area (Å²) in [7, 11) is 0. The molecule has 0 amide bonds. The zero-order valence-electron chi connectivity index (χ0n) is 16.2. The molecule has 4 aromatic rings. The molecule has 2 aromatic carbocycles. The molecule has 4 rings (SSSR count). The van der Waals surface area contributed by atoms with Gasteiger partial charge in [0.2, 0.25) is 5.69 Å². The molecule has 0 aliphatic rings. The third kappa shape index (κ3) is 3.33. The van der Waals surface area contributed by atoms with Crippen LogP contribution in [0.15, 0.2) is 58.1 Å². The molecule has 0 spiro atoms. The van der Waals surface area contributed by atoms with Crippen LogP contribution in [0.25, 0.3) is 21.7 Å². The monoisotopic (exact) mass is 389 g/mol. The summed E-state index contributed by atoms with van der Waals surface area (Å²) < 4.78 is 11.2. The van der Waals surface area contributed by atoms with Gasteiger partial charge in [-0.25, -0.2) is 9.78 Å². The van der Waals surface area contributed by atoms with Gasteiger partial charge in [-0.05, 0) is 13.8 Å². The Morgan fingerprint density at radius 2 is 1.97 bits per heavy atom. The number of hydrogen-bond donors (Lipinski definition) is 1. The number of aromatic hydroxyl groups is 1.